The van der Waals surface area contributed by atoms with Crippen molar-refractivity contribution < 1.29 is 0 Å². The zero-order valence-electron chi connectivity index (χ0n) is 11.5. The summed E-state index contributed by atoms with van der Waals surface area (Å²) in [6.07, 6.45) is 1.01. The minimum atomic E-state index is 0.923. The average molecular weight is 268 g/mol. The van der Waals surface area contributed by atoms with Gasteiger partial charge >= 0.3 is 0 Å². The second kappa shape index (κ2) is 7.16. The quantitative estimate of drug-likeness (QED) is 0.784. The first-order chi connectivity index (χ1) is 8.79. The smallest absolute Gasteiger partial charge is 0.0625 e. The number of nitrogens with zero attached hydrogens (tertiary/aromatic N) is 3. The van der Waals surface area contributed by atoms with E-state index in [-0.39, 0.29) is 0 Å². The van der Waals surface area contributed by atoms with E-state index >= 15 is 0 Å². The summed E-state index contributed by atoms with van der Waals surface area (Å²) in [5, 5.41) is 7.98. The normalized spacial score (nSPS) is 17.2. The molecule has 102 valence electrons. The standard InChI is InChI=1S/C13H24N4S/c1-3-12-10-13(16(2)15-12)11-14-4-5-17-6-8-18-9-7-17/h10,14H,3-9,11H2,1-2H3. The Morgan fingerprint density at radius 2 is 2.17 bits per heavy atom. The van der Waals surface area contributed by atoms with Gasteiger partial charge in [-0.1, -0.05) is 6.92 Å². The van der Waals surface area contributed by atoms with Crippen molar-refractivity contribution in [1.29, 1.82) is 0 Å². The molecule has 1 aliphatic rings. The lowest BCUT2D eigenvalue weighted by atomic mass is 10.3. The Balaban J connectivity index is 1.66. The summed E-state index contributed by atoms with van der Waals surface area (Å²) in [6.45, 7) is 7.80. The van der Waals surface area contributed by atoms with E-state index in [4.69, 9.17) is 0 Å². The summed E-state index contributed by atoms with van der Waals surface area (Å²) < 4.78 is 1.99. The van der Waals surface area contributed by atoms with Crippen molar-refractivity contribution in [3.8, 4) is 0 Å². The van der Waals surface area contributed by atoms with Crippen LogP contribution in [-0.4, -0.2) is 52.4 Å². The van der Waals surface area contributed by atoms with Crippen molar-refractivity contribution >= 4 is 11.8 Å². The van der Waals surface area contributed by atoms with Gasteiger partial charge in [-0.05, 0) is 12.5 Å². The van der Waals surface area contributed by atoms with E-state index in [0.717, 1.165) is 19.5 Å². The molecule has 4 nitrogen and oxygen atoms in total. The lowest BCUT2D eigenvalue weighted by molar-refractivity contribution is 0.300. The van der Waals surface area contributed by atoms with Crippen LogP contribution in [0.3, 0.4) is 0 Å². The monoisotopic (exact) mass is 268 g/mol. The first-order valence-corrected chi connectivity index (χ1v) is 7.97. The van der Waals surface area contributed by atoms with Crippen LogP contribution < -0.4 is 5.32 Å². The molecule has 5 heteroatoms. The van der Waals surface area contributed by atoms with E-state index in [9.17, 15) is 0 Å². The van der Waals surface area contributed by atoms with Gasteiger partial charge in [0.25, 0.3) is 0 Å². The zero-order valence-corrected chi connectivity index (χ0v) is 12.3. The lowest BCUT2D eigenvalue weighted by Gasteiger charge is -2.26. The van der Waals surface area contributed by atoms with Gasteiger partial charge in [0, 0.05) is 51.3 Å². The molecular formula is C13H24N4S. The molecule has 1 aliphatic heterocycles. The summed E-state index contributed by atoms with van der Waals surface area (Å²) in [4.78, 5) is 2.55. The Morgan fingerprint density at radius 1 is 1.39 bits per heavy atom. The van der Waals surface area contributed by atoms with Gasteiger partial charge in [0.15, 0.2) is 0 Å². The van der Waals surface area contributed by atoms with Crippen LogP contribution in [0.1, 0.15) is 18.3 Å². The Labute approximate surface area is 114 Å². The molecule has 2 rings (SSSR count). The molecule has 2 heterocycles. The Hall–Kier alpha value is -0.520. The number of hydrogen-bond acceptors (Lipinski definition) is 4. The molecule has 0 saturated carbocycles. The summed E-state index contributed by atoms with van der Waals surface area (Å²) in [7, 11) is 2.03. The van der Waals surface area contributed by atoms with Crippen LogP contribution in [0.25, 0.3) is 0 Å². The van der Waals surface area contributed by atoms with E-state index in [1.165, 1.54) is 42.5 Å². The Bertz CT molecular complexity index is 358. The van der Waals surface area contributed by atoms with Crippen molar-refractivity contribution in [2.24, 2.45) is 7.05 Å². The summed E-state index contributed by atoms with van der Waals surface area (Å²) in [5.41, 5.74) is 2.46. The van der Waals surface area contributed by atoms with Crippen molar-refractivity contribution in [2.45, 2.75) is 19.9 Å². The van der Waals surface area contributed by atoms with Gasteiger partial charge in [0.2, 0.25) is 0 Å². The number of nitrogens with one attached hydrogen (secondary N) is 1. The minimum absolute atomic E-state index is 0.923. The SMILES string of the molecule is CCc1cc(CNCCN2CCSCC2)n(C)n1. The maximum atomic E-state index is 4.46. The topological polar surface area (TPSA) is 33.1 Å². The third-order valence-electron chi connectivity index (χ3n) is 3.40. The van der Waals surface area contributed by atoms with Crippen LogP contribution in [0, 0.1) is 0 Å². The number of aryl methyl sites for hydroxylation is 2. The van der Waals surface area contributed by atoms with Gasteiger partial charge in [-0.2, -0.15) is 16.9 Å². The first kappa shape index (κ1) is 13.9. The van der Waals surface area contributed by atoms with Crippen molar-refractivity contribution in [1.82, 2.24) is 20.0 Å². The third kappa shape index (κ3) is 4.00. The highest BCUT2D eigenvalue weighted by Gasteiger charge is 2.09. The zero-order chi connectivity index (χ0) is 12.8. The first-order valence-electron chi connectivity index (χ1n) is 6.82. The van der Waals surface area contributed by atoms with Crippen LogP contribution >= 0.6 is 11.8 Å². The average Bonchev–Trinajstić information content (AvgIpc) is 2.77. The molecule has 0 spiro atoms. The van der Waals surface area contributed by atoms with E-state index < -0.39 is 0 Å². The second-order valence-electron chi connectivity index (χ2n) is 4.73. The number of aromatic nitrogens is 2. The summed E-state index contributed by atoms with van der Waals surface area (Å²) >= 11 is 2.07. The van der Waals surface area contributed by atoms with E-state index in [0.29, 0.717) is 0 Å². The van der Waals surface area contributed by atoms with Gasteiger partial charge in [-0.25, -0.2) is 0 Å². The molecule has 18 heavy (non-hydrogen) atoms. The molecule has 1 aromatic heterocycles. The molecule has 0 atom stereocenters. The molecule has 0 amide bonds. The van der Waals surface area contributed by atoms with Crippen LogP contribution in [0.15, 0.2) is 6.07 Å². The van der Waals surface area contributed by atoms with Crippen LogP contribution in [0.5, 0.6) is 0 Å². The molecule has 0 aromatic carbocycles. The fourth-order valence-corrected chi connectivity index (χ4v) is 3.17. The largest absolute Gasteiger partial charge is 0.310 e. The molecule has 1 N–H and O–H groups in total. The molecule has 0 bridgehead atoms. The maximum absolute atomic E-state index is 4.46. The van der Waals surface area contributed by atoms with Gasteiger partial charge in [-0.15, -0.1) is 0 Å². The van der Waals surface area contributed by atoms with E-state index in [2.05, 4.69) is 40.1 Å². The highest BCUT2D eigenvalue weighted by Crippen LogP contribution is 2.08. The number of hydrogen-bond donors (Lipinski definition) is 1. The molecule has 0 radical (unpaired) electrons. The van der Waals surface area contributed by atoms with E-state index in [1.807, 2.05) is 11.7 Å². The van der Waals surface area contributed by atoms with Crippen molar-refractivity contribution in [3.05, 3.63) is 17.5 Å². The predicted octanol–water partition coefficient (Wildman–Crippen LogP) is 1.12. The van der Waals surface area contributed by atoms with Crippen LogP contribution in [-0.2, 0) is 20.0 Å². The number of thioether (sulfide) groups is 1. The fourth-order valence-electron chi connectivity index (χ4n) is 2.19. The highest BCUT2D eigenvalue weighted by atomic mass is 32.2. The van der Waals surface area contributed by atoms with Gasteiger partial charge < -0.3 is 10.2 Å². The molecule has 1 fully saturated rings. The Kier molecular flexibility index (Phi) is 5.53. The minimum Gasteiger partial charge on any atom is -0.310 e. The van der Waals surface area contributed by atoms with Crippen LogP contribution in [0.2, 0.25) is 0 Å². The number of rotatable bonds is 6. The Morgan fingerprint density at radius 3 is 2.83 bits per heavy atom. The van der Waals surface area contributed by atoms with Gasteiger partial charge in [0.05, 0.1) is 11.4 Å². The van der Waals surface area contributed by atoms with Crippen molar-refractivity contribution in [2.75, 3.05) is 37.7 Å². The molecule has 0 aliphatic carbocycles. The molecule has 0 unspecified atom stereocenters. The summed E-state index contributed by atoms with van der Waals surface area (Å²) in [6, 6.07) is 2.20. The second-order valence-corrected chi connectivity index (χ2v) is 5.96. The molecule has 1 saturated heterocycles. The van der Waals surface area contributed by atoms with E-state index in [1.54, 1.807) is 0 Å². The van der Waals surface area contributed by atoms with Gasteiger partial charge in [0.1, 0.15) is 0 Å². The maximum Gasteiger partial charge on any atom is 0.0625 e. The predicted molar refractivity (Wildman–Crippen MR) is 78.1 cm³/mol. The molecule has 1 aromatic rings. The summed E-state index contributed by atoms with van der Waals surface area (Å²) in [5.74, 6) is 2.59. The van der Waals surface area contributed by atoms with Crippen molar-refractivity contribution in [3.63, 3.8) is 0 Å². The third-order valence-corrected chi connectivity index (χ3v) is 4.35. The van der Waals surface area contributed by atoms with Gasteiger partial charge in [-0.3, -0.25) is 4.68 Å². The fraction of sp³-hybridized carbons (Fsp3) is 0.769. The van der Waals surface area contributed by atoms with Crippen LogP contribution in [0.4, 0.5) is 0 Å². The lowest BCUT2D eigenvalue weighted by Crippen LogP contribution is -2.37. The molecular weight excluding hydrogens is 244 g/mol. The highest BCUT2D eigenvalue weighted by molar-refractivity contribution is 7.99.